The third kappa shape index (κ3) is 6.32. The number of nitrogens with one attached hydrogen (secondary N) is 1. The number of hydrogen-bond acceptors (Lipinski definition) is 9. The Morgan fingerprint density at radius 3 is 2.74 bits per heavy atom. The van der Waals surface area contributed by atoms with Gasteiger partial charge in [0.05, 0.1) is 12.6 Å². The highest BCUT2D eigenvalue weighted by Gasteiger charge is 2.31. The molecule has 13 heteroatoms. The van der Waals surface area contributed by atoms with Crippen LogP contribution in [0.1, 0.15) is 0 Å². The van der Waals surface area contributed by atoms with Gasteiger partial charge < -0.3 is 24.6 Å². The number of anilines is 3. The van der Waals surface area contributed by atoms with Crippen molar-refractivity contribution in [3.05, 3.63) is 48.9 Å². The first-order chi connectivity index (χ1) is 16.8. The molecule has 1 aliphatic heterocycles. The van der Waals surface area contributed by atoms with Crippen molar-refractivity contribution in [2.75, 3.05) is 43.6 Å². The summed E-state index contributed by atoms with van der Waals surface area (Å²) in [5.74, 6) is 0.935. The van der Waals surface area contributed by atoms with E-state index in [1.165, 1.54) is 6.20 Å². The number of carbonyl (C=O) groups is 1. The summed E-state index contributed by atoms with van der Waals surface area (Å²) < 4.78 is 47.1. The Labute approximate surface area is 198 Å². The van der Waals surface area contributed by atoms with Crippen molar-refractivity contribution >= 4 is 23.9 Å². The van der Waals surface area contributed by atoms with Crippen LogP contribution >= 0.6 is 0 Å². The number of alkyl halides is 3. The van der Waals surface area contributed by atoms with Crippen LogP contribution in [0.5, 0.6) is 5.75 Å². The second-order valence-corrected chi connectivity index (χ2v) is 7.62. The van der Waals surface area contributed by atoms with Crippen molar-refractivity contribution in [2.45, 2.75) is 12.4 Å². The Bertz CT molecular complexity index is 1150. The minimum Gasteiger partial charge on any atom is -0.406 e. The summed E-state index contributed by atoms with van der Waals surface area (Å²) in [7, 11) is 1.57. The Balaban J connectivity index is 1.66. The summed E-state index contributed by atoms with van der Waals surface area (Å²) in [4.78, 5) is 32.4. The van der Waals surface area contributed by atoms with E-state index in [9.17, 15) is 18.0 Å². The van der Waals surface area contributed by atoms with Crippen LogP contribution < -0.4 is 15.0 Å². The highest BCUT2D eigenvalue weighted by Crippen LogP contribution is 2.28. The molecule has 0 bridgehead atoms. The van der Waals surface area contributed by atoms with Gasteiger partial charge >= 0.3 is 6.36 Å². The molecule has 1 N–H and O–H groups in total. The Morgan fingerprint density at radius 2 is 2.03 bits per heavy atom. The highest BCUT2D eigenvalue weighted by molar-refractivity contribution is 5.64. The lowest BCUT2D eigenvalue weighted by Gasteiger charge is -2.39. The smallest absolute Gasteiger partial charge is 0.406 e. The number of piperazine rings is 1. The van der Waals surface area contributed by atoms with Gasteiger partial charge in [-0.05, 0) is 18.2 Å². The van der Waals surface area contributed by atoms with Crippen LogP contribution in [0.3, 0.4) is 0 Å². The van der Waals surface area contributed by atoms with E-state index in [4.69, 9.17) is 4.74 Å². The minimum absolute atomic E-state index is 0.108. The molecule has 0 aliphatic carbocycles. The number of aromatic nitrogens is 4. The predicted molar refractivity (Wildman–Crippen MR) is 120 cm³/mol. The second kappa shape index (κ2) is 10.5. The van der Waals surface area contributed by atoms with E-state index < -0.39 is 12.1 Å². The number of ether oxygens (including phenoxy) is 2. The summed E-state index contributed by atoms with van der Waals surface area (Å²) in [6, 6.07) is 7.26. The monoisotopic (exact) mass is 489 g/mol. The number of nitrogens with zero attached hydrogens (tertiary/aromatic N) is 6. The summed E-state index contributed by atoms with van der Waals surface area (Å²) >= 11 is 0. The number of carbonyl (C=O) groups excluding carboxylic acids is 1. The SMILES string of the molecule is COCC1CN(c2cc(Nc3cc(OC(F)(F)F)ccn3)nc(-c3cccnc3)n2)CCN1C=O. The van der Waals surface area contributed by atoms with Crippen LogP contribution in [-0.2, 0) is 9.53 Å². The molecule has 0 saturated carbocycles. The number of halogens is 3. The second-order valence-electron chi connectivity index (χ2n) is 7.62. The molecule has 1 atom stereocenters. The normalized spacial score (nSPS) is 16.2. The molecular weight excluding hydrogens is 467 g/mol. The summed E-state index contributed by atoms with van der Waals surface area (Å²) in [6.07, 6.45) is 0.405. The minimum atomic E-state index is -4.82. The van der Waals surface area contributed by atoms with Gasteiger partial charge in [-0.3, -0.25) is 9.78 Å². The number of pyridine rings is 2. The van der Waals surface area contributed by atoms with Crippen molar-refractivity contribution in [1.29, 1.82) is 0 Å². The quantitative estimate of drug-likeness (QED) is 0.478. The maximum absolute atomic E-state index is 12.6. The third-order valence-corrected chi connectivity index (χ3v) is 5.20. The fourth-order valence-electron chi connectivity index (χ4n) is 3.65. The van der Waals surface area contributed by atoms with Gasteiger partial charge in [0.15, 0.2) is 5.82 Å². The summed E-state index contributed by atoms with van der Waals surface area (Å²) in [6.45, 7) is 1.83. The predicted octanol–water partition coefficient (Wildman–Crippen LogP) is 2.87. The van der Waals surface area contributed by atoms with E-state index in [0.717, 1.165) is 18.5 Å². The molecule has 4 rings (SSSR count). The summed E-state index contributed by atoms with van der Waals surface area (Å²) in [5.41, 5.74) is 0.652. The highest BCUT2D eigenvalue weighted by atomic mass is 19.4. The van der Waals surface area contributed by atoms with Gasteiger partial charge in [-0.15, -0.1) is 13.2 Å². The first-order valence-electron chi connectivity index (χ1n) is 10.6. The zero-order valence-corrected chi connectivity index (χ0v) is 18.6. The van der Waals surface area contributed by atoms with Gasteiger partial charge in [0.1, 0.15) is 23.2 Å². The molecule has 10 nitrogen and oxygen atoms in total. The third-order valence-electron chi connectivity index (χ3n) is 5.20. The number of amides is 1. The molecule has 4 heterocycles. The molecule has 0 radical (unpaired) electrons. The average molecular weight is 489 g/mol. The van der Waals surface area contributed by atoms with Gasteiger partial charge in [-0.1, -0.05) is 0 Å². The molecule has 1 aliphatic rings. The van der Waals surface area contributed by atoms with Gasteiger partial charge in [-0.25, -0.2) is 15.0 Å². The molecule has 184 valence electrons. The molecule has 0 spiro atoms. The molecule has 1 saturated heterocycles. The standard InChI is InChI=1S/C22H22F3N7O3/c1-34-13-16-12-31(7-8-32(16)14-33)20-10-19(29-21(30-20)15-3-2-5-26-11-15)28-18-9-17(4-6-27-18)35-22(23,24)25/h2-6,9-11,14,16H,7-8,12-13H2,1H3,(H,27,28,29,30). The maximum Gasteiger partial charge on any atom is 0.573 e. The molecule has 35 heavy (non-hydrogen) atoms. The van der Waals surface area contributed by atoms with Gasteiger partial charge in [0.25, 0.3) is 0 Å². The summed E-state index contributed by atoms with van der Waals surface area (Å²) in [5, 5.41) is 2.93. The lowest BCUT2D eigenvalue weighted by molar-refractivity contribution is -0.274. The van der Waals surface area contributed by atoms with Crippen LogP contribution in [0.15, 0.2) is 48.9 Å². The number of methoxy groups -OCH3 is 1. The van der Waals surface area contributed by atoms with Crippen molar-refractivity contribution in [3.8, 4) is 17.1 Å². The number of rotatable bonds is 8. The van der Waals surface area contributed by atoms with Crippen molar-refractivity contribution < 1.29 is 27.4 Å². The van der Waals surface area contributed by atoms with Crippen molar-refractivity contribution in [2.24, 2.45) is 0 Å². The fourth-order valence-corrected chi connectivity index (χ4v) is 3.65. The topological polar surface area (TPSA) is 106 Å². The van der Waals surface area contributed by atoms with E-state index in [0.29, 0.717) is 49.3 Å². The zero-order valence-electron chi connectivity index (χ0n) is 18.6. The van der Waals surface area contributed by atoms with Crippen LogP contribution in [0, 0.1) is 0 Å². The van der Waals surface area contributed by atoms with E-state index >= 15 is 0 Å². The molecule has 0 aromatic carbocycles. The van der Waals surface area contributed by atoms with Crippen LogP contribution in [0.4, 0.5) is 30.6 Å². The van der Waals surface area contributed by atoms with Gasteiger partial charge in [0.2, 0.25) is 6.41 Å². The van der Waals surface area contributed by atoms with Crippen LogP contribution in [-0.4, -0.2) is 77.0 Å². The average Bonchev–Trinajstić information content (AvgIpc) is 2.84. The van der Waals surface area contributed by atoms with E-state index in [-0.39, 0.29) is 11.9 Å². The van der Waals surface area contributed by atoms with Crippen molar-refractivity contribution in [1.82, 2.24) is 24.8 Å². The lowest BCUT2D eigenvalue weighted by Crippen LogP contribution is -2.54. The van der Waals surface area contributed by atoms with Crippen LogP contribution in [0.2, 0.25) is 0 Å². The molecule has 1 unspecified atom stereocenters. The zero-order chi connectivity index (χ0) is 24.8. The van der Waals surface area contributed by atoms with Gasteiger partial charge in [0, 0.05) is 63.0 Å². The molecule has 1 amide bonds. The molecule has 3 aromatic heterocycles. The fraction of sp³-hybridized carbons (Fsp3) is 0.318. The molecule has 3 aromatic rings. The lowest BCUT2D eigenvalue weighted by atomic mass is 10.2. The van der Waals surface area contributed by atoms with Crippen molar-refractivity contribution in [3.63, 3.8) is 0 Å². The molecule has 1 fully saturated rings. The van der Waals surface area contributed by atoms with Crippen LogP contribution in [0.25, 0.3) is 11.4 Å². The first-order valence-corrected chi connectivity index (χ1v) is 10.6. The Kier molecular flexibility index (Phi) is 7.25. The number of hydrogen-bond donors (Lipinski definition) is 1. The maximum atomic E-state index is 12.6. The van der Waals surface area contributed by atoms with E-state index in [2.05, 4.69) is 30.0 Å². The van der Waals surface area contributed by atoms with E-state index in [1.54, 1.807) is 42.6 Å². The Hall–Kier alpha value is -4.00. The Morgan fingerprint density at radius 1 is 1.17 bits per heavy atom. The first kappa shape index (κ1) is 24.1. The van der Waals surface area contributed by atoms with Gasteiger partial charge in [-0.2, -0.15) is 0 Å². The largest absolute Gasteiger partial charge is 0.573 e. The van der Waals surface area contributed by atoms with E-state index in [1.807, 2.05) is 4.90 Å². The molecular formula is C22H22F3N7O3.